The maximum Gasteiger partial charge on any atom is 0.352 e. The summed E-state index contributed by atoms with van der Waals surface area (Å²) in [6.45, 7) is 3.08. The number of benzene rings is 2. The molecule has 2 atom stereocenters. The van der Waals surface area contributed by atoms with Crippen molar-refractivity contribution >= 4 is 17.9 Å². The first-order valence-corrected chi connectivity index (χ1v) is 8.95. The van der Waals surface area contributed by atoms with Gasteiger partial charge in [0.05, 0.1) is 13.0 Å². The van der Waals surface area contributed by atoms with E-state index in [2.05, 4.69) is 0 Å². The third-order valence-electron chi connectivity index (χ3n) is 4.12. The molecule has 6 nitrogen and oxygen atoms in total. The van der Waals surface area contributed by atoms with Gasteiger partial charge < -0.3 is 14.2 Å². The zero-order valence-electron chi connectivity index (χ0n) is 16.2. The van der Waals surface area contributed by atoms with Crippen molar-refractivity contribution in [3.8, 4) is 0 Å². The van der Waals surface area contributed by atoms with Gasteiger partial charge in [-0.3, -0.25) is 9.59 Å². The highest BCUT2D eigenvalue weighted by Gasteiger charge is 2.26. The van der Waals surface area contributed by atoms with E-state index in [1.807, 2.05) is 36.4 Å². The largest absolute Gasteiger partial charge is 0.469 e. The van der Waals surface area contributed by atoms with Gasteiger partial charge in [-0.2, -0.15) is 0 Å². The second-order valence-electron chi connectivity index (χ2n) is 6.46. The summed E-state index contributed by atoms with van der Waals surface area (Å²) in [5, 5.41) is 0. The molecule has 0 N–H and O–H groups in total. The second kappa shape index (κ2) is 10.3. The van der Waals surface area contributed by atoms with Crippen LogP contribution >= 0.6 is 0 Å². The van der Waals surface area contributed by atoms with Crippen molar-refractivity contribution < 1.29 is 28.6 Å². The van der Waals surface area contributed by atoms with Gasteiger partial charge in [0.25, 0.3) is 0 Å². The molecule has 2 rings (SSSR count). The fourth-order valence-corrected chi connectivity index (χ4v) is 2.74. The van der Waals surface area contributed by atoms with E-state index in [9.17, 15) is 14.4 Å². The number of methoxy groups -OCH3 is 1. The van der Waals surface area contributed by atoms with Crippen LogP contribution in [0.15, 0.2) is 54.6 Å². The molecule has 2 aromatic rings. The first kappa shape index (κ1) is 21.2. The SMILES string of the molecule is COC(=O)[C@H](C)Cc1cccc(C(OC(C)=O)C(=O)OCc2ccccc2)c1. The van der Waals surface area contributed by atoms with E-state index in [0.29, 0.717) is 12.0 Å². The van der Waals surface area contributed by atoms with E-state index in [0.717, 1.165) is 11.1 Å². The Morgan fingerprint density at radius 1 is 0.929 bits per heavy atom. The van der Waals surface area contributed by atoms with Crippen molar-refractivity contribution in [2.75, 3.05) is 7.11 Å². The molecule has 0 aromatic heterocycles. The monoisotopic (exact) mass is 384 g/mol. The van der Waals surface area contributed by atoms with Crippen LogP contribution in [-0.2, 0) is 41.6 Å². The molecule has 0 aliphatic carbocycles. The number of hydrogen-bond donors (Lipinski definition) is 0. The Morgan fingerprint density at radius 3 is 2.25 bits per heavy atom. The van der Waals surface area contributed by atoms with Gasteiger partial charge in [-0.05, 0) is 17.5 Å². The number of ether oxygens (including phenoxy) is 3. The van der Waals surface area contributed by atoms with Crippen LogP contribution in [0.1, 0.15) is 36.6 Å². The van der Waals surface area contributed by atoms with Crippen molar-refractivity contribution in [2.45, 2.75) is 33.0 Å². The molecule has 0 heterocycles. The lowest BCUT2D eigenvalue weighted by Gasteiger charge is -2.18. The number of carbonyl (C=O) groups is 3. The number of esters is 3. The molecular formula is C22H24O6. The minimum Gasteiger partial charge on any atom is -0.469 e. The van der Waals surface area contributed by atoms with Gasteiger partial charge in [-0.1, -0.05) is 61.5 Å². The Kier molecular flexibility index (Phi) is 7.75. The van der Waals surface area contributed by atoms with Crippen LogP contribution in [-0.4, -0.2) is 25.0 Å². The van der Waals surface area contributed by atoms with Gasteiger partial charge in [-0.25, -0.2) is 4.79 Å². The molecular weight excluding hydrogens is 360 g/mol. The molecule has 0 saturated carbocycles. The Morgan fingerprint density at radius 2 is 1.61 bits per heavy atom. The zero-order valence-corrected chi connectivity index (χ0v) is 16.2. The second-order valence-corrected chi connectivity index (χ2v) is 6.46. The number of hydrogen-bond acceptors (Lipinski definition) is 6. The predicted molar refractivity (Wildman–Crippen MR) is 102 cm³/mol. The molecule has 0 bridgehead atoms. The van der Waals surface area contributed by atoms with Crippen molar-refractivity contribution in [3.63, 3.8) is 0 Å². The maximum absolute atomic E-state index is 12.6. The van der Waals surface area contributed by atoms with Gasteiger partial charge in [0.2, 0.25) is 6.10 Å². The highest BCUT2D eigenvalue weighted by atomic mass is 16.6. The third kappa shape index (κ3) is 6.23. The van der Waals surface area contributed by atoms with Gasteiger partial charge >= 0.3 is 17.9 Å². The van der Waals surface area contributed by atoms with E-state index in [-0.39, 0.29) is 18.5 Å². The van der Waals surface area contributed by atoms with Crippen LogP contribution in [0.2, 0.25) is 0 Å². The van der Waals surface area contributed by atoms with Gasteiger partial charge in [0, 0.05) is 12.5 Å². The molecule has 148 valence electrons. The minimum absolute atomic E-state index is 0.0799. The summed E-state index contributed by atoms with van der Waals surface area (Å²) in [5.41, 5.74) is 2.14. The standard InChI is InChI=1S/C22H24O6/c1-15(21(24)26-3)12-18-10-7-11-19(13-18)20(28-16(2)23)22(25)27-14-17-8-5-4-6-9-17/h4-11,13,15,20H,12,14H2,1-3H3/t15-,20?/m1/s1. The van der Waals surface area contributed by atoms with Crippen LogP contribution in [0.25, 0.3) is 0 Å². The van der Waals surface area contributed by atoms with Crippen LogP contribution < -0.4 is 0 Å². The van der Waals surface area contributed by atoms with Crippen LogP contribution in [0.5, 0.6) is 0 Å². The molecule has 0 amide bonds. The highest BCUT2D eigenvalue weighted by Crippen LogP contribution is 2.23. The molecule has 0 saturated heterocycles. The Balaban J connectivity index is 2.15. The summed E-state index contributed by atoms with van der Waals surface area (Å²) in [6.07, 6.45) is -0.735. The molecule has 2 aromatic carbocycles. The Labute approximate surface area is 164 Å². The molecule has 0 radical (unpaired) electrons. The lowest BCUT2D eigenvalue weighted by Crippen LogP contribution is -2.21. The minimum atomic E-state index is -1.17. The van der Waals surface area contributed by atoms with E-state index < -0.39 is 18.0 Å². The highest BCUT2D eigenvalue weighted by molar-refractivity contribution is 5.80. The lowest BCUT2D eigenvalue weighted by atomic mass is 9.98. The Hall–Kier alpha value is -3.15. The normalized spacial score (nSPS) is 12.5. The molecule has 28 heavy (non-hydrogen) atoms. The summed E-state index contributed by atoms with van der Waals surface area (Å²) in [5.74, 6) is -1.89. The molecule has 0 aliphatic rings. The van der Waals surface area contributed by atoms with Gasteiger partial charge in [0.1, 0.15) is 6.61 Å². The number of carbonyl (C=O) groups excluding carboxylic acids is 3. The smallest absolute Gasteiger partial charge is 0.352 e. The zero-order chi connectivity index (χ0) is 20.5. The third-order valence-corrected chi connectivity index (χ3v) is 4.12. The van der Waals surface area contributed by atoms with E-state index >= 15 is 0 Å². The fraction of sp³-hybridized carbons (Fsp3) is 0.318. The predicted octanol–water partition coefficient (Wildman–Crippen LogP) is 3.39. The fourth-order valence-electron chi connectivity index (χ4n) is 2.74. The molecule has 0 aliphatic heterocycles. The van der Waals surface area contributed by atoms with Crippen molar-refractivity contribution in [2.24, 2.45) is 5.92 Å². The van der Waals surface area contributed by atoms with Crippen molar-refractivity contribution in [1.82, 2.24) is 0 Å². The van der Waals surface area contributed by atoms with Crippen LogP contribution in [0.3, 0.4) is 0 Å². The first-order chi connectivity index (χ1) is 13.4. The average molecular weight is 384 g/mol. The number of rotatable bonds is 8. The van der Waals surface area contributed by atoms with Crippen LogP contribution in [0.4, 0.5) is 0 Å². The molecule has 1 unspecified atom stereocenters. The first-order valence-electron chi connectivity index (χ1n) is 8.95. The average Bonchev–Trinajstić information content (AvgIpc) is 2.70. The molecule has 0 spiro atoms. The van der Waals surface area contributed by atoms with Crippen molar-refractivity contribution in [1.29, 1.82) is 0 Å². The quantitative estimate of drug-likeness (QED) is 0.513. The van der Waals surface area contributed by atoms with Gasteiger partial charge in [-0.15, -0.1) is 0 Å². The summed E-state index contributed by atoms with van der Waals surface area (Å²) in [4.78, 5) is 35.7. The van der Waals surface area contributed by atoms with E-state index in [1.54, 1.807) is 25.1 Å². The maximum atomic E-state index is 12.6. The van der Waals surface area contributed by atoms with E-state index in [4.69, 9.17) is 14.2 Å². The molecule has 0 fully saturated rings. The van der Waals surface area contributed by atoms with Crippen LogP contribution in [0, 0.1) is 5.92 Å². The van der Waals surface area contributed by atoms with Gasteiger partial charge in [0.15, 0.2) is 0 Å². The summed E-state index contributed by atoms with van der Waals surface area (Å²) in [6, 6.07) is 16.2. The summed E-state index contributed by atoms with van der Waals surface area (Å²) < 4.78 is 15.3. The van der Waals surface area contributed by atoms with Crippen molar-refractivity contribution in [3.05, 3.63) is 71.3 Å². The lowest BCUT2D eigenvalue weighted by molar-refractivity contribution is -0.168. The Bertz CT molecular complexity index is 815. The van der Waals surface area contributed by atoms with E-state index in [1.165, 1.54) is 14.0 Å². The summed E-state index contributed by atoms with van der Waals surface area (Å²) >= 11 is 0. The molecule has 6 heteroatoms. The topological polar surface area (TPSA) is 78.9 Å². The summed E-state index contributed by atoms with van der Waals surface area (Å²) in [7, 11) is 1.34.